The maximum Gasteiger partial charge on any atom is 0.299 e. The highest BCUT2D eigenvalue weighted by Gasteiger charge is 2.20. The molecule has 0 saturated carbocycles. The van der Waals surface area contributed by atoms with E-state index < -0.39 is 21.2 Å². The number of amides is 1. The summed E-state index contributed by atoms with van der Waals surface area (Å²) in [5.41, 5.74) is -0.907. The van der Waals surface area contributed by atoms with E-state index in [9.17, 15) is 25.0 Å². The van der Waals surface area contributed by atoms with Crippen LogP contribution in [-0.2, 0) is 4.79 Å². The number of anilines is 1. The second kappa shape index (κ2) is 15.2. The van der Waals surface area contributed by atoms with Gasteiger partial charge in [0.2, 0.25) is 5.91 Å². The molecule has 0 aliphatic carbocycles. The van der Waals surface area contributed by atoms with Gasteiger partial charge in [-0.05, 0) is 24.7 Å². The highest BCUT2D eigenvalue weighted by atomic mass is 32.1. The average Bonchev–Trinajstić information content (AvgIpc) is 2.71. The van der Waals surface area contributed by atoms with Gasteiger partial charge in [0, 0.05) is 12.5 Å². The van der Waals surface area contributed by atoms with Crippen LogP contribution in [0.2, 0.25) is 0 Å². The first-order chi connectivity index (χ1) is 14.8. The molecule has 1 rings (SSSR count). The summed E-state index contributed by atoms with van der Waals surface area (Å²) in [6.07, 6.45) is 13.4. The molecule has 31 heavy (non-hydrogen) atoms. The van der Waals surface area contributed by atoms with Crippen LogP contribution in [0.1, 0.15) is 84.0 Å². The van der Waals surface area contributed by atoms with Crippen LogP contribution < -0.4 is 10.6 Å². The third-order valence-corrected chi connectivity index (χ3v) is 5.10. The first kappa shape index (κ1) is 26.4. The fourth-order valence-electron chi connectivity index (χ4n) is 3.18. The Morgan fingerprint density at radius 3 is 1.97 bits per heavy atom. The van der Waals surface area contributed by atoms with Gasteiger partial charge in [0.1, 0.15) is 5.69 Å². The van der Waals surface area contributed by atoms with Gasteiger partial charge in [-0.3, -0.25) is 25.0 Å². The summed E-state index contributed by atoms with van der Waals surface area (Å²) in [7, 11) is 0. The first-order valence-electron chi connectivity index (χ1n) is 10.9. The predicted octanol–water partition coefficient (Wildman–Crippen LogP) is 6.02. The van der Waals surface area contributed by atoms with E-state index in [2.05, 4.69) is 17.6 Å². The molecule has 1 aromatic rings. The summed E-state index contributed by atoms with van der Waals surface area (Å²) < 4.78 is 0. The van der Waals surface area contributed by atoms with Crippen LogP contribution in [0, 0.1) is 20.2 Å². The standard InChI is InChI=1S/C21H32N4O5S/c1-2-3-4-5-6-7-8-9-10-11-12-13-20(26)23-21(31)22-18-15-14-17(24(27)28)16-19(18)25(29)30/h14-16H,2-13H2,1H3,(H2,22,23,26,31). The Bertz CT molecular complexity index is 757. The van der Waals surface area contributed by atoms with Crippen molar-refractivity contribution in [2.45, 2.75) is 84.0 Å². The maximum absolute atomic E-state index is 12.0. The number of nitrogens with one attached hydrogen (secondary N) is 2. The van der Waals surface area contributed by atoms with Crippen molar-refractivity contribution >= 4 is 40.3 Å². The van der Waals surface area contributed by atoms with E-state index in [-0.39, 0.29) is 16.7 Å². The van der Waals surface area contributed by atoms with Gasteiger partial charge in [-0.2, -0.15) is 0 Å². The predicted molar refractivity (Wildman–Crippen MR) is 125 cm³/mol. The Hall–Kier alpha value is -2.62. The quantitative estimate of drug-likeness (QED) is 0.144. The number of nitro benzene ring substituents is 2. The Kier molecular flexibility index (Phi) is 13.0. The molecule has 2 N–H and O–H groups in total. The molecule has 0 fully saturated rings. The first-order valence-corrected chi connectivity index (χ1v) is 11.3. The minimum absolute atomic E-state index is 0.0180. The summed E-state index contributed by atoms with van der Waals surface area (Å²) in [6, 6.07) is 3.17. The smallest absolute Gasteiger partial charge is 0.299 e. The fourth-order valence-corrected chi connectivity index (χ4v) is 3.41. The van der Waals surface area contributed by atoms with Crippen LogP contribution in [0.4, 0.5) is 17.1 Å². The number of carbonyl (C=O) groups is 1. The normalized spacial score (nSPS) is 10.5. The lowest BCUT2D eigenvalue weighted by atomic mass is 10.1. The van der Waals surface area contributed by atoms with Crippen molar-refractivity contribution in [3.05, 3.63) is 38.4 Å². The van der Waals surface area contributed by atoms with Crippen LogP contribution in [0.5, 0.6) is 0 Å². The summed E-state index contributed by atoms with van der Waals surface area (Å²) in [6.45, 7) is 2.22. The van der Waals surface area contributed by atoms with Crippen LogP contribution >= 0.6 is 12.2 Å². The van der Waals surface area contributed by atoms with E-state index in [1.165, 1.54) is 57.4 Å². The molecule has 1 amide bonds. The number of nitrogens with zero attached hydrogens (tertiary/aromatic N) is 2. The van der Waals surface area contributed by atoms with Gasteiger partial charge < -0.3 is 10.6 Å². The van der Waals surface area contributed by atoms with Crippen molar-refractivity contribution in [1.82, 2.24) is 5.32 Å². The Labute approximate surface area is 188 Å². The van der Waals surface area contributed by atoms with Crippen molar-refractivity contribution in [3.63, 3.8) is 0 Å². The van der Waals surface area contributed by atoms with Crippen molar-refractivity contribution < 1.29 is 14.6 Å². The lowest BCUT2D eigenvalue weighted by Crippen LogP contribution is -2.34. The number of thiocarbonyl (C=S) groups is 1. The molecule has 0 aliphatic rings. The molecular formula is C21H32N4O5S. The van der Waals surface area contributed by atoms with Crippen LogP contribution in [0.3, 0.4) is 0 Å². The molecule has 0 atom stereocenters. The van der Waals surface area contributed by atoms with Gasteiger partial charge in [0.15, 0.2) is 5.11 Å². The van der Waals surface area contributed by atoms with Crippen molar-refractivity contribution in [2.24, 2.45) is 0 Å². The van der Waals surface area contributed by atoms with Gasteiger partial charge in [0.05, 0.1) is 15.9 Å². The van der Waals surface area contributed by atoms with E-state index in [0.717, 1.165) is 31.4 Å². The lowest BCUT2D eigenvalue weighted by molar-refractivity contribution is -0.393. The Morgan fingerprint density at radius 2 is 1.45 bits per heavy atom. The van der Waals surface area contributed by atoms with E-state index in [1.807, 2.05) is 0 Å². The van der Waals surface area contributed by atoms with Crippen molar-refractivity contribution in [2.75, 3.05) is 5.32 Å². The second-order valence-electron chi connectivity index (χ2n) is 7.50. The zero-order valence-corrected chi connectivity index (χ0v) is 18.9. The minimum Gasteiger partial charge on any atom is -0.327 e. The van der Waals surface area contributed by atoms with Gasteiger partial charge in [-0.15, -0.1) is 0 Å². The number of nitro groups is 2. The number of rotatable bonds is 15. The van der Waals surface area contributed by atoms with E-state index >= 15 is 0 Å². The lowest BCUT2D eigenvalue weighted by Gasteiger charge is -2.10. The number of non-ortho nitro benzene ring substituents is 1. The number of unbranched alkanes of at least 4 members (excludes halogenated alkanes) is 10. The molecule has 0 aromatic heterocycles. The molecule has 10 heteroatoms. The molecule has 0 saturated heterocycles. The molecule has 0 heterocycles. The van der Waals surface area contributed by atoms with Crippen molar-refractivity contribution in [3.8, 4) is 0 Å². The molecule has 0 radical (unpaired) electrons. The summed E-state index contributed by atoms with van der Waals surface area (Å²) in [5, 5.41) is 26.9. The third-order valence-electron chi connectivity index (χ3n) is 4.90. The topological polar surface area (TPSA) is 127 Å². The summed E-state index contributed by atoms with van der Waals surface area (Å²) >= 11 is 5.03. The van der Waals surface area contributed by atoms with Gasteiger partial charge in [0.25, 0.3) is 11.4 Å². The van der Waals surface area contributed by atoms with Crippen LogP contribution in [0.25, 0.3) is 0 Å². The molecule has 172 valence electrons. The van der Waals surface area contributed by atoms with Crippen LogP contribution in [0.15, 0.2) is 18.2 Å². The number of carbonyl (C=O) groups excluding carboxylic acids is 1. The highest BCUT2D eigenvalue weighted by Crippen LogP contribution is 2.28. The zero-order chi connectivity index (χ0) is 23.1. The van der Waals surface area contributed by atoms with Gasteiger partial charge in [-0.1, -0.05) is 71.1 Å². The van der Waals surface area contributed by atoms with Crippen LogP contribution in [-0.4, -0.2) is 20.9 Å². The fraction of sp³-hybridized carbons (Fsp3) is 0.619. The summed E-state index contributed by atoms with van der Waals surface area (Å²) in [5.74, 6) is -0.266. The minimum atomic E-state index is -0.745. The highest BCUT2D eigenvalue weighted by molar-refractivity contribution is 7.80. The molecule has 9 nitrogen and oxygen atoms in total. The monoisotopic (exact) mass is 452 g/mol. The zero-order valence-electron chi connectivity index (χ0n) is 18.1. The molecule has 0 spiro atoms. The second-order valence-corrected chi connectivity index (χ2v) is 7.91. The SMILES string of the molecule is CCCCCCCCCCCCCC(=O)NC(=S)Nc1ccc([N+](=O)[O-])cc1[N+](=O)[O-]. The largest absolute Gasteiger partial charge is 0.327 e. The molecule has 0 bridgehead atoms. The van der Waals surface area contributed by atoms with E-state index in [1.54, 1.807) is 0 Å². The van der Waals surface area contributed by atoms with Gasteiger partial charge >= 0.3 is 0 Å². The average molecular weight is 453 g/mol. The van der Waals surface area contributed by atoms with Gasteiger partial charge in [-0.25, -0.2) is 0 Å². The maximum atomic E-state index is 12.0. The van der Waals surface area contributed by atoms with Crippen molar-refractivity contribution in [1.29, 1.82) is 0 Å². The number of hydrogen-bond donors (Lipinski definition) is 2. The van der Waals surface area contributed by atoms with E-state index in [4.69, 9.17) is 12.2 Å². The number of hydrogen-bond acceptors (Lipinski definition) is 6. The summed E-state index contributed by atoms with van der Waals surface area (Å²) in [4.78, 5) is 32.5. The Morgan fingerprint density at radius 1 is 0.903 bits per heavy atom. The Balaban J connectivity index is 2.25. The number of benzene rings is 1. The van der Waals surface area contributed by atoms with E-state index in [0.29, 0.717) is 6.42 Å². The molecule has 0 unspecified atom stereocenters. The molecule has 1 aromatic carbocycles. The third kappa shape index (κ3) is 11.4. The molecule has 0 aliphatic heterocycles. The molecular weight excluding hydrogens is 420 g/mol.